The molecule has 3 aromatic rings. The van der Waals surface area contributed by atoms with Gasteiger partial charge in [0.25, 0.3) is 0 Å². The van der Waals surface area contributed by atoms with Crippen molar-refractivity contribution in [2.45, 2.75) is 25.7 Å². The molecule has 0 aliphatic carbocycles. The molecule has 2 N–H and O–H groups in total. The van der Waals surface area contributed by atoms with Crippen molar-refractivity contribution in [2.24, 2.45) is 5.92 Å². The van der Waals surface area contributed by atoms with Crippen molar-refractivity contribution in [1.29, 1.82) is 0 Å². The van der Waals surface area contributed by atoms with E-state index in [1.807, 2.05) is 0 Å². The van der Waals surface area contributed by atoms with Crippen molar-refractivity contribution in [3.63, 3.8) is 0 Å². The van der Waals surface area contributed by atoms with E-state index >= 15 is 0 Å². The van der Waals surface area contributed by atoms with Crippen LogP contribution in [0.3, 0.4) is 0 Å². The van der Waals surface area contributed by atoms with Crippen molar-refractivity contribution >= 4 is 27.8 Å². The third-order valence-electron chi connectivity index (χ3n) is 7.01. The first kappa shape index (κ1) is 16.4. The third kappa shape index (κ3) is 2.46. The number of benzene rings is 3. The molecule has 0 amide bonds. The lowest BCUT2D eigenvalue weighted by atomic mass is 9.80. The van der Waals surface area contributed by atoms with Crippen molar-refractivity contribution in [2.75, 3.05) is 36.4 Å². The average Bonchev–Trinajstić information content (AvgIpc) is 3.19. The Kier molecular flexibility index (Phi) is 3.67. The maximum atomic E-state index is 3.82. The molecular weight excluding hydrogens is 342 g/mol. The van der Waals surface area contributed by atoms with Crippen LogP contribution in [0.1, 0.15) is 29.0 Å². The highest BCUT2D eigenvalue weighted by molar-refractivity contribution is 5.97. The summed E-state index contributed by atoms with van der Waals surface area (Å²) in [5.41, 5.74) is 8.45. The molecule has 3 aromatic carbocycles. The van der Waals surface area contributed by atoms with Gasteiger partial charge < -0.3 is 15.5 Å². The molecule has 6 rings (SSSR count). The molecular formula is C25H27N3. The van der Waals surface area contributed by atoms with Crippen molar-refractivity contribution in [3.8, 4) is 0 Å². The Labute approximate surface area is 166 Å². The fraction of sp³-hybridized carbons (Fsp3) is 0.360. The predicted octanol–water partition coefficient (Wildman–Crippen LogP) is 4.96. The van der Waals surface area contributed by atoms with E-state index in [0.29, 0.717) is 5.92 Å². The first-order valence-electron chi connectivity index (χ1n) is 10.7. The second-order valence-electron chi connectivity index (χ2n) is 8.75. The zero-order valence-corrected chi connectivity index (χ0v) is 16.5. The topological polar surface area (TPSA) is 27.3 Å². The van der Waals surface area contributed by atoms with Crippen molar-refractivity contribution in [3.05, 3.63) is 65.2 Å². The molecule has 28 heavy (non-hydrogen) atoms. The number of nitrogens with zero attached hydrogens (tertiary/aromatic N) is 1. The molecule has 0 saturated carbocycles. The van der Waals surface area contributed by atoms with Crippen LogP contribution in [0.25, 0.3) is 10.8 Å². The van der Waals surface area contributed by atoms with Gasteiger partial charge in [0.15, 0.2) is 0 Å². The Morgan fingerprint density at radius 1 is 1.07 bits per heavy atom. The molecule has 2 atom stereocenters. The summed E-state index contributed by atoms with van der Waals surface area (Å²) in [6.45, 7) is 6.94. The summed E-state index contributed by atoms with van der Waals surface area (Å²) < 4.78 is 0. The van der Waals surface area contributed by atoms with E-state index in [-0.39, 0.29) is 0 Å². The summed E-state index contributed by atoms with van der Waals surface area (Å²) in [5, 5.41) is 10.1. The number of fused-ring (bicyclic) bond motifs is 3. The summed E-state index contributed by atoms with van der Waals surface area (Å²) in [6, 6.07) is 18.0. The van der Waals surface area contributed by atoms with Crippen LogP contribution in [0.2, 0.25) is 0 Å². The molecule has 3 aliphatic rings. The average molecular weight is 370 g/mol. The maximum absolute atomic E-state index is 3.82. The van der Waals surface area contributed by atoms with Gasteiger partial charge in [0.2, 0.25) is 0 Å². The molecule has 3 aliphatic heterocycles. The zero-order valence-electron chi connectivity index (χ0n) is 16.5. The molecule has 3 nitrogen and oxygen atoms in total. The van der Waals surface area contributed by atoms with Gasteiger partial charge in [0, 0.05) is 54.5 Å². The smallest absolute Gasteiger partial charge is 0.0493 e. The highest BCUT2D eigenvalue weighted by atomic mass is 15.2. The number of aryl methyl sites for hydroxylation is 2. The molecule has 1 saturated heterocycles. The van der Waals surface area contributed by atoms with E-state index in [2.05, 4.69) is 71.0 Å². The molecule has 2 unspecified atom stereocenters. The van der Waals surface area contributed by atoms with Crippen LogP contribution in [-0.4, -0.2) is 26.2 Å². The Bertz CT molecular complexity index is 1070. The number of hydrogen-bond donors (Lipinski definition) is 2. The van der Waals surface area contributed by atoms with Gasteiger partial charge in [-0.3, -0.25) is 0 Å². The van der Waals surface area contributed by atoms with Gasteiger partial charge in [0.05, 0.1) is 0 Å². The van der Waals surface area contributed by atoms with E-state index in [1.165, 1.54) is 59.2 Å². The summed E-state index contributed by atoms with van der Waals surface area (Å²) >= 11 is 0. The fourth-order valence-corrected chi connectivity index (χ4v) is 5.67. The lowest BCUT2D eigenvalue weighted by Crippen LogP contribution is -2.41. The Balaban J connectivity index is 1.48. The van der Waals surface area contributed by atoms with Crippen LogP contribution in [0.5, 0.6) is 0 Å². The summed E-state index contributed by atoms with van der Waals surface area (Å²) in [4.78, 5) is 2.66. The lowest BCUT2D eigenvalue weighted by molar-refractivity contribution is 0.470. The van der Waals surface area contributed by atoms with Crippen molar-refractivity contribution in [1.82, 2.24) is 5.32 Å². The number of nitrogens with one attached hydrogen (secondary N) is 2. The Morgan fingerprint density at radius 3 is 2.96 bits per heavy atom. The quantitative estimate of drug-likeness (QED) is 0.668. The highest BCUT2D eigenvalue weighted by Crippen LogP contribution is 2.46. The number of hydrogen-bond acceptors (Lipinski definition) is 3. The zero-order chi connectivity index (χ0) is 18.7. The van der Waals surface area contributed by atoms with E-state index in [4.69, 9.17) is 0 Å². The van der Waals surface area contributed by atoms with E-state index < -0.39 is 0 Å². The van der Waals surface area contributed by atoms with E-state index in [1.54, 1.807) is 11.3 Å². The van der Waals surface area contributed by atoms with Gasteiger partial charge in [-0.2, -0.15) is 0 Å². The fourth-order valence-electron chi connectivity index (χ4n) is 5.67. The number of anilines is 3. The van der Waals surface area contributed by atoms with Crippen LogP contribution < -0.4 is 15.5 Å². The van der Waals surface area contributed by atoms with Crippen LogP contribution >= 0.6 is 0 Å². The maximum Gasteiger partial charge on any atom is 0.0493 e. The molecule has 3 heterocycles. The second-order valence-corrected chi connectivity index (χ2v) is 8.75. The first-order chi connectivity index (χ1) is 13.8. The Hall–Kier alpha value is -2.52. The van der Waals surface area contributed by atoms with E-state index in [9.17, 15) is 0 Å². The second kappa shape index (κ2) is 6.25. The van der Waals surface area contributed by atoms with E-state index in [0.717, 1.165) is 19.0 Å². The van der Waals surface area contributed by atoms with Gasteiger partial charge in [-0.05, 0) is 59.9 Å². The Morgan fingerprint density at radius 2 is 2.00 bits per heavy atom. The van der Waals surface area contributed by atoms with Crippen LogP contribution in [0.4, 0.5) is 17.1 Å². The van der Waals surface area contributed by atoms with Crippen molar-refractivity contribution < 1.29 is 0 Å². The third-order valence-corrected chi connectivity index (χ3v) is 7.01. The lowest BCUT2D eigenvalue weighted by Gasteiger charge is -2.42. The summed E-state index contributed by atoms with van der Waals surface area (Å²) in [5.74, 6) is 1.42. The molecule has 0 spiro atoms. The SMILES string of the molecule is Cc1ccc2ccccc2c1Nc1cc2c3c(c1)C1CNCC1CN3CCC2. The van der Waals surface area contributed by atoms with Gasteiger partial charge in [0.1, 0.15) is 0 Å². The molecule has 1 fully saturated rings. The molecule has 0 radical (unpaired) electrons. The minimum absolute atomic E-state index is 0.665. The van der Waals surface area contributed by atoms with Crippen LogP contribution in [0, 0.1) is 12.8 Å². The summed E-state index contributed by atoms with van der Waals surface area (Å²) in [7, 11) is 0. The molecule has 0 bridgehead atoms. The molecule has 142 valence electrons. The highest BCUT2D eigenvalue weighted by Gasteiger charge is 2.38. The summed E-state index contributed by atoms with van der Waals surface area (Å²) in [6.07, 6.45) is 2.47. The molecule has 0 aromatic heterocycles. The van der Waals surface area contributed by atoms with Gasteiger partial charge >= 0.3 is 0 Å². The van der Waals surface area contributed by atoms with Gasteiger partial charge in [-0.25, -0.2) is 0 Å². The minimum Gasteiger partial charge on any atom is -0.371 e. The van der Waals surface area contributed by atoms with Gasteiger partial charge in [-0.1, -0.05) is 36.4 Å². The minimum atomic E-state index is 0.665. The predicted molar refractivity (Wildman–Crippen MR) is 118 cm³/mol. The monoisotopic (exact) mass is 369 g/mol. The first-order valence-corrected chi connectivity index (χ1v) is 10.7. The largest absolute Gasteiger partial charge is 0.371 e. The standard InChI is InChI=1S/C25H27N3/c1-16-8-9-17-5-2-3-7-21(17)24(16)27-20-11-18-6-4-10-28-15-19-13-26-14-23(19)22(12-20)25(18)28/h2-3,5,7-9,11-12,19,23,26-27H,4,6,10,13-15H2,1H3. The molecule has 3 heteroatoms. The van der Waals surface area contributed by atoms with Gasteiger partial charge in [-0.15, -0.1) is 0 Å². The van der Waals surface area contributed by atoms with Crippen LogP contribution in [0.15, 0.2) is 48.5 Å². The normalized spacial score (nSPS) is 22.8. The van der Waals surface area contributed by atoms with Crippen LogP contribution in [-0.2, 0) is 6.42 Å². The number of rotatable bonds is 2.